The van der Waals surface area contributed by atoms with Crippen molar-refractivity contribution in [2.45, 2.75) is 19.4 Å². The van der Waals surface area contributed by atoms with Gasteiger partial charge >= 0.3 is 0 Å². The number of nitrogens with two attached hydrogens (primary N) is 1. The van der Waals surface area contributed by atoms with E-state index in [0.29, 0.717) is 6.54 Å². The van der Waals surface area contributed by atoms with Gasteiger partial charge in [0.1, 0.15) is 0 Å². The van der Waals surface area contributed by atoms with Crippen molar-refractivity contribution < 1.29 is 0 Å². The third-order valence-electron chi connectivity index (χ3n) is 2.93. The fourth-order valence-corrected chi connectivity index (χ4v) is 2.40. The molecule has 1 nitrogen and oxygen atoms in total. The summed E-state index contributed by atoms with van der Waals surface area (Å²) in [7, 11) is 0. The van der Waals surface area contributed by atoms with Gasteiger partial charge in [0.2, 0.25) is 0 Å². The molecule has 1 aliphatic rings. The van der Waals surface area contributed by atoms with Crippen LogP contribution in [0.4, 0.5) is 0 Å². The Kier molecular flexibility index (Phi) is 3.32. The maximum atomic E-state index is 5.79. The quantitative estimate of drug-likeness (QED) is 0.789. The van der Waals surface area contributed by atoms with Crippen LogP contribution in [0.1, 0.15) is 22.6 Å². The summed E-state index contributed by atoms with van der Waals surface area (Å²) in [6.45, 7) is 2.68. The van der Waals surface area contributed by atoms with Gasteiger partial charge in [-0.3, -0.25) is 0 Å². The molecule has 0 spiro atoms. The Morgan fingerprint density at radius 3 is 2.81 bits per heavy atom. The number of rotatable bonds is 2. The van der Waals surface area contributed by atoms with Crippen LogP contribution >= 0.6 is 12.2 Å². The summed E-state index contributed by atoms with van der Waals surface area (Å²) in [6.07, 6.45) is 8.17. The monoisotopic (exact) mass is 229 g/mol. The third-order valence-corrected chi connectivity index (χ3v) is 3.32. The van der Waals surface area contributed by atoms with E-state index in [9.17, 15) is 0 Å². The molecule has 0 heterocycles. The van der Waals surface area contributed by atoms with Crippen molar-refractivity contribution in [2.75, 3.05) is 0 Å². The van der Waals surface area contributed by atoms with Crippen molar-refractivity contribution in [3.8, 4) is 0 Å². The van der Waals surface area contributed by atoms with Crippen molar-refractivity contribution in [3.05, 3.63) is 59.2 Å². The van der Waals surface area contributed by atoms with Crippen LogP contribution in [0.5, 0.6) is 0 Å². The first-order chi connectivity index (χ1) is 7.74. The van der Waals surface area contributed by atoms with Crippen molar-refractivity contribution >= 4 is 17.1 Å². The van der Waals surface area contributed by atoms with Gasteiger partial charge in [-0.25, -0.2) is 0 Å². The Balaban J connectivity index is 2.51. The maximum absolute atomic E-state index is 5.79. The van der Waals surface area contributed by atoms with Crippen LogP contribution in [0.2, 0.25) is 0 Å². The molecule has 1 aromatic carbocycles. The van der Waals surface area contributed by atoms with E-state index in [1.807, 2.05) is 24.3 Å². The lowest BCUT2D eigenvalue weighted by Crippen LogP contribution is -2.13. The topological polar surface area (TPSA) is 26.0 Å². The second-order valence-corrected chi connectivity index (χ2v) is 4.45. The van der Waals surface area contributed by atoms with Gasteiger partial charge in [-0.1, -0.05) is 48.6 Å². The number of aryl methyl sites for hydroxylation is 1. The van der Waals surface area contributed by atoms with Crippen LogP contribution in [0.3, 0.4) is 0 Å². The Bertz CT molecular complexity index is 472. The molecule has 2 heteroatoms. The average molecular weight is 229 g/mol. The molecular formula is C14H15NS. The normalized spacial score (nSPS) is 19.1. The summed E-state index contributed by atoms with van der Waals surface area (Å²) < 4.78 is 0. The molecule has 0 saturated carbocycles. The molecule has 0 saturated heterocycles. The number of allylic oxidation sites excluding steroid dienone is 4. The summed E-state index contributed by atoms with van der Waals surface area (Å²) in [4.78, 5) is 0.964. The van der Waals surface area contributed by atoms with Crippen LogP contribution in [0, 0.1) is 6.92 Å². The molecule has 16 heavy (non-hydrogen) atoms. The number of hydrogen-bond donors (Lipinski definition) is 1. The number of thiocarbonyl (C=S) groups is 1. The molecule has 82 valence electrons. The molecule has 0 fully saturated rings. The standard InChI is InChI=1S/C14H15NS/c1-10-5-4-6-11(9-15)14(10)12-7-2-3-8-13(12)16/h2-8,12H,9,15H2,1H3. The summed E-state index contributed by atoms with van der Waals surface area (Å²) in [5.41, 5.74) is 9.51. The fraction of sp³-hybridized carbons (Fsp3) is 0.214. The molecule has 0 bridgehead atoms. The van der Waals surface area contributed by atoms with E-state index in [2.05, 4.69) is 25.1 Å². The highest BCUT2D eigenvalue weighted by molar-refractivity contribution is 7.80. The predicted octanol–water partition coefficient (Wildman–Crippen LogP) is 3.03. The van der Waals surface area contributed by atoms with E-state index in [1.54, 1.807) is 0 Å². The minimum absolute atomic E-state index is 0.208. The lowest BCUT2D eigenvalue weighted by atomic mass is 9.86. The second kappa shape index (κ2) is 4.73. The highest BCUT2D eigenvalue weighted by Gasteiger charge is 2.18. The minimum atomic E-state index is 0.208. The Hall–Kier alpha value is -1.25. The van der Waals surface area contributed by atoms with Crippen molar-refractivity contribution in [1.29, 1.82) is 0 Å². The summed E-state index contributed by atoms with van der Waals surface area (Å²) >= 11 is 5.40. The summed E-state index contributed by atoms with van der Waals surface area (Å²) in [6, 6.07) is 6.24. The Morgan fingerprint density at radius 1 is 1.31 bits per heavy atom. The van der Waals surface area contributed by atoms with Gasteiger partial charge in [-0.2, -0.15) is 0 Å². The zero-order chi connectivity index (χ0) is 11.5. The molecule has 2 N–H and O–H groups in total. The highest BCUT2D eigenvalue weighted by atomic mass is 32.1. The smallest absolute Gasteiger partial charge is 0.0381 e. The van der Waals surface area contributed by atoms with Gasteiger partial charge in [0, 0.05) is 17.3 Å². The SMILES string of the molecule is Cc1cccc(CN)c1C1C=CC=CC1=S. The van der Waals surface area contributed by atoms with E-state index < -0.39 is 0 Å². The summed E-state index contributed by atoms with van der Waals surface area (Å²) in [5.74, 6) is 0.208. The molecule has 0 radical (unpaired) electrons. The van der Waals surface area contributed by atoms with Crippen LogP contribution < -0.4 is 5.73 Å². The van der Waals surface area contributed by atoms with E-state index in [-0.39, 0.29) is 5.92 Å². The van der Waals surface area contributed by atoms with Gasteiger partial charge in [0.15, 0.2) is 0 Å². The van der Waals surface area contributed by atoms with E-state index >= 15 is 0 Å². The molecule has 0 aliphatic heterocycles. The lowest BCUT2D eigenvalue weighted by molar-refractivity contribution is 0.993. The van der Waals surface area contributed by atoms with Gasteiger partial charge in [-0.05, 0) is 29.7 Å². The fourth-order valence-electron chi connectivity index (χ4n) is 2.13. The van der Waals surface area contributed by atoms with Crippen LogP contribution in [0.25, 0.3) is 0 Å². The summed E-state index contributed by atoms with van der Waals surface area (Å²) in [5, 5.41) is 0. The first-order valence-electron chi connectivity index (χ1n) is 5.41. The molecule has 1 aromatic rings. The first kappa shape index (κ1) is 11.2. The zero-order valence-corrected chi connectivity index (χ0v) is 10.1. The van der Waals surface area contributed by atoms with Crippen LogP contribution in [-0.2, 0) is 6.54 Å². The van der Waals surface area contributed by atoms with Crippen LogP contribution in [-0.4, -0.2) is 4.86 Å². The van der Waals surface area contributed by atoms with E-state index in [1.165, 1.54) is 16.7 Å². The molecule has 2 rings (SSSR count). The molecular weight excluding hydrogens is 214 g/mol. The molecule has 1 unspecified atom stereocenters. The molecule has 1 atom stereocenters. The van der Waals surface area contributed by atoms with E-state index in [4.69, 9.17) is 18.0 Å². The van der Waals surface area contributed by atoms with Gasteiger partial charge in [0.25, 0.3) is 0 Å². The molecule has 1 aliphatic carbocycles. The first-order valence-corrected chi connectivity index (χ1v) is 5.82. The Morgan fingerprint density at radius 2 is 2.12 bits per heavy atom. The third kappa shape index (κ3) is 1.99. The van der Waals surface area contributed by atoms with Gasteiger partial charge in [-0.15, -0.1) is 0 Å². The lowest BCUT2D eigenvalue weighted by Gasteiger charge is -2.20. The zero-order valence-electron chi connectivity index (χ0n) is 9.31. The highest BCUT2D eigenvalue weighted by Crippen LogP contribution is 2.28. The van der Waals surface area contributed by atoms with Crippen LogP contribution in [0.15, 0.2) is 42.5 Å². The van der Waals surface area contributed by atoms with Crippen molar-refractivity contribution in [2.24, 2.45) is 5.73 Å². The van der Waals surface area contributed by atoms with Crippen molar-refractivity contribution in [1.82, 2.24) is 0 Å². The number of benzene rings is 1. The number of hydrogen-bond acceptors (Lipinski definition) is 2. The molecule has 0 aromatic heterocycles. The maximum Gasteiger partial charge on any atom is 0.0381 e. The second-order valence-electron chi connectivity index (χ2n) is 3.98. The molecule has 0 amide bonds. The van der Waals surface area contributed by atoms with Gasteiger partial charge in [0.05, 0.1) is 0 Å². The predicted molar refractivity (Wildman–Crippen MR) is 72.7 cm³/mol. The minimum Gasteiger partial charge on any atom is -0.326 e. The van der Waals surface area contributed by atoms with Crippen molar-refractivity contribution in [3.63, 3.8) is 0 Å². The Labute approximate surface area is 102 Å². The van der Waals surface area contributed by atoms with Gasteiger partial charge < -0.3 is 5.73 Å². The largest absolute Gasteiger partial charge is 0.326 e. The van der Waals surface area contributed by atoms with E-state index in [0.717, 1.165) is 4.86 Å². The average Bonchev–Trinajstić information content (AvgIpc) is 2.30.